The van der Waals surface area contributed by atoms with Crippen molar-refractivity contribution >= 4 is 32.5 Å². The van der Waals surface area contributed by atoms with Crippen LogP contribution < -0.4 is 5.73 Å². The predicted octanol–water partition coefficient (Wildman–Crippen LogP) is 3.44. The first-order valence-corrected chi connectivity index (χ1v) is 7.49. The van der Waals surface area contributed by atoms with Crippen molar-refractivity contribution in [2.75, 3.05) is 5.73 Å². The van der Waals surface area contributed by atoms with Gasteiger partial charge in [0.05, 0.1) is 11.3 Å². The smallest absolute Gasteiger partial charge is 0.262 e. The number of nitrogens with zero attached hydrogens (tertiary/aromatic N) is 3. The standard InChI is InChI=1S/C13H11BrN4OS/c1-7-11(12(15)20-18-7)13-16-10(17-19-13)6-8-2-4-9(14)5-3-8/h2-5H,6,15H2,1H3. The normalized spacial score (nSPS) is 10.9. The van der Waals surface area contributed by atoms with Gasteiger partial charge in [0, 0.05) is 10.9 Å². The maximum absolute atomic E-state index is 5.87. The SMILES string of the molecule is Cc1nsc(N)c1-c1nc(Cc2ccc(Br)cc2)no1. The molecule has 102 valence electrons. The Morgan fingerprint density at radius 3 is 2.70 bits per heavy atom. The van der Waals surface area contributed by atoms with E-state index < -0.39 is 0 Å². The van der Waals surface area contributed by atoms with Crippen LogP contribution in [0.2, 0.25) is 0 Å². The lowest BCUT2D eigenvalue weighted by molar-refractivity contribution is 0.424. The zero-order valence-electron chi connectivity index (χ0n) is 10.6. The number of aromatic nitrogens is 3. The van der Waals surface area contributed by atoms with Crippen molar-refractivity contribution < 1.29 is 4.52 Å². The Bertz CT molecular complexity index is 716. The van der Waals surface area contributed by atoms with E-state index in [4.69, 9.17) is 10.3 Å². The van der Waals surface area contributed by atoms with Crippen LogP contribution in [0.3, 0.4) is 0 Å². The van der Waals surface area contributed by atoms with E-state index in [9.17, 15) is 0 Å². The van der Waals surface area contributed by atoms with E-state index >= 15 is 0 Å². The van der Waals surface area contributed by atoms with Crippen molar-refractivity contribution in [3.8, 4) is 11.5 Å². The van der Waals surface area contributed by atoms with Gasteiger partial charge in [-0.15, -0.1) is 0 Å². The third-order valence-corrected chi connectivity index (χ3v) is 4.14. The van der Waals surface area contributed by atoms with Crippen LogP contribution in [0.4, 0.5) is 5.00 Å². The molecule has 0 saturated carbocycles. The van der Waals surface area contributed by atoms with E-state index in [1.165, 1.54) is 11.5 Å². The summed E-state index contributed by atoms with van der Waals surface area (Å²) >= 11 is 4.64. The highest BCUT2D eigenvalue weighted by atomic mass is 79.9. The van der Waals surface area contributed by atoms with E-state index in [-0.39, 0.29) is 0 Å². The minimum Gasteiger partial charge on any atom is -0.389 e. The molecule has 0 bridgehead atoms. The quantitative estimate of drug-likeness (QED) is 0.782. The first kappa shape index (κ1) is 13.3. The van der Waals surface area contributed by atoms with Crippen LogP contribution in [0.5, 0.6) is 0 Å². The second kappa shape index (κ2) is 5.34. The summed E-state index contributed by atoms with van der Waals surface area (Å²) in [4.78, 5) is 4.39. The summed E-state index contributed by atoms with van der Waals surface area (Å²) in [7, 11) is 0. The van der Waals surface area contributed by atoms with Gasteiger partial charge in [0.15, 0.2) is 5.82 Å². The molecule has 0 unspecified atom stereocenters. The van der Waals surface area contributed by atoms with Crippen LogP contribution in [0.25, 0.3) is 11.5 Å². The van der Waals surface area contributed by atoms with Gasteiger partial charge in [-0.25, -0.2) is 0 Å². The topological polar surface area (TPSA) is 77.8 Å². The molecule has 0 fully saturated rings. The van der Waals surface area contributed by atoms with E-state index in [2.05, 4.69) is 30.4 Å². The van der Waals surface area contributed by atoms with Crippen molar-refractivity contribution in [2.45, 2.75) is 13.3 Å². The lowest BCUT2D eigenvalue weighted by atomic mass is 10.1. The molecular weight excluding hydrogens is 340 g/mol. The second-order valence-electron chi connectivity index (χ2n) is 4.33. The molecule has 3 aromatic rings. The Morgan fingerprint density at radius 2 is 2.05 bits per heavy atom. The molecule has 0 aliphatic heterocycles. The van der Waals surface area contributed by atoms with Gasteiger partial charge in [-0.05, 0) is 36.2 Å². The van der Waals surface area contributed by atoms with Crippen LogP contribution in [0.1, 0.15) is 17.1 Å². The van der Waals surface area contributed by atoms with E-state index in [1.54, 1.807) is 0 Å². The molecule has 0 atom stereocenters. The number of benzene rings is 1. The molecule has 7 heteroatoms. The minimum absolute atomic E-state index is 0.431. The van der Waals surface area contributed by atoms with Crippen LogP contribution in [0.15, 0.2) is 33.3 Å². The Balaban J connectivity index is 1.85. The molecular formula is C13H11BrN4OS. The number of anilines is 1. The summed E-state index contributed by atoms with van der Waals surface area (Å²) in [6.45, 7) is 1.88. The average Bonchev–Trinajstić information content (AvgIpc) is 3.00. The number of rotatable bonds is 3. The molecule has 0 spiro atoms. The number of hydrogen-bond donors (Lipinski definition) is 1. The number of nitrogen functional groups attached to an aromatic ring is 1. The Hall–Kier alpha value is -1.73. The zero-order valence-corrected chi connectivity index (χ0v) is 13.0. The van der Waals surface area contributed by atoms with Crippen LogP contribution in [-0.2, 0) is 6.42 Å². The van der Waals surface area contributed by atoms with Gasteiger partial charge >= 0.3 is 0 Å². The fraction of sp³-hybridized carbons (Fsp3) is 0.154. The van der Waals surface area contributed by atoms with Crippen molar-refractivity contribution in [3.05, 3.63) is 45.8 Å². The number of aryl methyl sites for hydroxylation is 1. The van der Waals surface area contributed by atoms with Gasteiger partial charge in [0.1, 0.15) is 5.00 Å². The van der Waals surface area contributed by atoms with Crippen molar-refractivity contribution in [1.82, 2.24) is 14.5 Å². The van der Waals surface area contributed by atoms with Crippen LogP contribution >= 0.6 is 27.5 Å². The Labute approximate surface area is 128 Å². The third-order valence-electron chi connectivity index (χ3n) is 2.85. The van der Waals surface area contributed by atoms with Gasteiger partial charge in [0.25, 0.3) is 5.89 Å². The lowest BCUT2D eigenvalue weighted by Gasteiger charge is -1.96. The van der Waals surface area contributed by atoms with Crippen molar-refractivity contribution in [1.29, 1.82) is 0 Å². The molecule has 0 aliphatic carbocycles. The molecule has 0 saturated heterocycles. The molecule has 0 radical (unpaired) electrons. The van der Waals surface area contributed by atoms with Gasteiger partial charge in [-0.1, -0.05) is 33.2 Å². The van der Waals surface area contributed by atoms with E-state index in [0.29, 0.717) is 23.1 Å². The average molecular weight is 351 g/mol. The first-order valence-electron chi connectivity index (χ1n) is 5.92. The molecule has 2 heterocycles. The molecule has 2 N–H and O–H groups in total. The van der Waals surface area contributed by atoms with E-state index in [0.717, 1.165) is 21.3 Å². The lowest BCUT2D eigenvalue weighted by Crippen LogP contribution is -1.91. The molecule has 0 aliphatic rings. The first-order chi connectivity index (χ1) is 9.63. The predicted molar refractivity (Wildman–Crippen MR) is 81.5 cm³/mol. The fourth-order valence-electron chi connectivity index (χ4n) is 1.86. The van der Waals surface area contributed by atoms with Gasteiger partial charge in [-0.3, -0.25) is 0 Å². The molecule has 20 heavy (non-hydrogen) atoms. The van der Waals surface area contributed by atoms with Gasteiger partial charge < -0.3 is 10.3 Å². The highest BCUT2D eigenvalue weighted by Crippen LogP contribution is 2.31. The minimum atomic E-state index is 0.431. The monoisotopic (exact) mass is 350 g/mol. The molecule has 3 rings (SSSR count). The van der Waals surface area contributed by atoms with Crippen molar-refractivity contribution in [3.63, 3.8) is 0 Å². The maximum atomic E-state index is 5.87. The van der Waals surface area contributed by atoms with Gasteiger partial charge in [-0.2, -0.15) is 9.36 Å². The summed E-state index contributed by atoms with van der Waals surface area (Å²) in [5, 5.41) is 4.59. The van der Waals surface area contributed by atoms with Crippen LogP contribution in [-0.4, -0.2) is 14.5 Å². The number of nitrogens with two attached hydrogens (primary N) is 1. The van der Waals surface area contributed by atoms with Crippen LogP contribution in [0, 0.1) is 6.92 Å². The Kier molecular flexibility index (Phi) is 3.54. The summed E-state index contributed by atoms with van der Waals surface area (Å²) < 4.78 is 10.5. The van der Waals surface area contributed by atoms with Crippen molar-refractivity contribution in [2.24, 2.45) is 0 Å². The fourth-order valence-corrected chi connectivity index (χ4v) is 2.78. The molecule has 5 nitrogen and oxygen atoms in total. The summed E-state index contributed by atoms with van der Waals surface area (Å²) in [6, 6.07) is 8.01. The largest absolute Gasteiger partial charge is 0.389 e. The molecule has 2 aromatic heterocycles. The summed E-state index contributed by atoms with van der Waals surface area (Å²) in [5.74, 6) is 1.06. The maximum Gasteiger partial charge on any atom is 0.262 e. The van der Waals surface area contributed by atoms with E-state index in [1.807, 2.05) is 31.2 Å². The summed E-state index contributed by atoms with van der Waals surface area (Å²) in [5.41, 5.74) is 8.55. The second-order valence-corrected chi connectivity index (χ2v) is 6.05. The molecule has 1 aromatic carbocycles. The molecule has 0 amide bonds. The zero-order chi connectivity index (χ0) is 14.1. The summed E-state index contributed by atoms with van der Waals surface area (Å²) in [6.07, 6.45) is 0.618. The van der Waals surface area contributed by atoms with Gasteiger partial charge in [0.2, 0.25) is 0 Å². The highest BCUT2D eigenvalue weighted by molar-refractivity contribution is 9.10. The Morgan fingerprint density at radius 1 is 1.30 bits per heavy atom. The number of halogens is 1. The third kappa shape index (κ3) is 2.59. The number of hydrogen-bond acceptors (Lipinski definition) is 6. The highest BCUT2D eigenvalue weighted by Gasteiger charge is 2.17.